The molecule has 0 aromatic heterocycles. The van der Waals surface area contributed by atoms with Gasteiger partial charge in [0.2, 0.25) is 0 Å². The van der Waals surface area contributed by atoms with Gasteiger partial charge >= 0.3 is 0 Å². The van der Waals surface area contributed by atoms with Crippen LogP contribution in [0, 0.1) is 0 Å². The Morgan fingerprint density at radius 1 is 1.00 bits per heavy atom. The lowest BCUT2D eigenvalue weighted by Gasteiger charge is -2.00. The molecule has 1 fully saturated rings. The summed E-state index contributed by atoms with van der Waals surface area (Å²) in [6.07, 6.45) is -0.697. The zero-order valence-corrected chi connectivity index (χ0v) is 7.23. The minimum absolute atomic E-state index is 0. The molecule has 2 nitrogen and oxygen atoms in total. The lowest BCUT2D eigenvalue weighted by atomic mass is 10.4. The van der Waals surface area contributed by atoms with Gasteiger partial charge in [0.25, 0.3) is 0 Å². The molecule has 0 aromatic rings. The molecule has 0 aromatic carbocycles. The molecule has 64 valence electrons. The number of hydrogen-bond donors (Lipinski definition) is 2. The minimum Gasteiger partial charge on any atom is -0.313 e. The van der Waals surface area contributed by atoms with Crippen LogP contribution in [0.3, 0.4) is 0 Å². The Labute approximate surface area is 72.8 Å². The van der Waals surface area contributed by atoms with E-state index < -0.39 is 6.17 Å². The lowest BCUT2D eigenvalue weighted by Crippen LogP contribution is -2.24. The number of hydrogen-bond acceptors (Lipinski definition) is 2. The minimum atomic E-state index is -0.697. The van der Waals surface area contributed by atoms with Crippen LogP contribution < -0.4 is 10.6 Å². The summed E-state index contributed by atoms with van der Waals surface area (Å²) in [5.74, 6) is 0. The fourth-order valence-corrected chi connectivity index (χ4v) is 0.766. The van der Waals surface area contributed by atoms with Gasteiger partial charge < -0.3 is 10.6 Å². The molecule has 0 atom stereocenters. The maximum Gasteiger partial charge on any atom is 0.125 e. The molecule has 1 aliphatic heterocycles. The van der Waals surface area contributed by atoms with Gasteiger partial charge in [-0.15, -0.1) is 24.8 Å². The predicted molar refractivity (Wildman–Crippen MR) is 45.1 cm³/mol. The topological polar surface area (TPSA) is 24.1 Å². The third-order valence-electron chi connectivity index (χ3n) is 1.21. The summed E-state index contributed by atoms with van der Waals surface area (Å²) in [5, 5.41) is 5.92. The van der Waals surface area contributed by atoms with E-state index in [1.807, 2.05) is 0 Å². The molecule has 1 rings (SSSR count). The van der Waals surface area contributed by atoms with Gasteiger partial charge in [-0.3, -0.25) is 0 Å². The van der Waals surface area contributed by atoms with E-state index in [2.05, 4.69) is 10.6 Å². The smallest absolute Gasteiger partial charge is 0.125 e. The summed E-state index contributed by atoms with van der Waals surface area (Å²) in [6.45, 7) is 2.79. The zero-order chi connectivity index (χ0) is 5.82. The first-order chi connectivity index (χ1) is 3.89. The van der Waals surface area contributed by atoms with E-state index in [1.54, 1.807) is 0 Å². The molecule has 10 heavy (non-hydrogen) atoms. The molecular weight excluding hydrogens is 178 g/mol. The van der Waals surface area contributed by atoms with Crippen LogP contribution in [0.15, 0.2) is 0 Å². The van der Waals surface area contributed by atoms with Crippen LogP contribution in [-0.2, 0) is 0 Å². The van der Waals surface area contributed by atoms with Gasteiger partial charge in [0, 0.05) is 26.2 Å². The summed E-state index contributed by atoms with van der Waals surface area (Å²) in [7, 11) is 0. The SMILES string of the molecule is Cl.Cl.FC1CNCCNC1. The van der Waals surface area contributed by atoms with Crippen molar-refractivity contribution in [1.82, 2.24) is 10.6 Å². The van der Waals surface area contributed by atoms with Gasteiger partial charge in [-0.2, -0.15) is 0 Å². The van der Waals surface area contributed by atoms with Gasteiger partial charge in [0.05, 0.1) is 0 Å². The summed E-state index contributed by atoms with van der Waals surface area (Å²) >= 11 is 0. The number of rotatable bonds is 0. The molecule has 5 heteroatoms. The van der Waals surface area contributed by atoms with Gasteiger partial charge in [-0.05, 0) is 0 Å². The first kappa shape index (κ1) is 13.1. The molecule has 1 heterocycles. The maximum absolute atomic E-state index is 12.3. The van der Waals surface area contributed by atoms with Crippen LogP contribution in [-0.4, -0.2) is 32.4 Å². The normalized spacial score (nSPS) is 20.1. The molecule has 1 saturated heterocycles. The van der Waals surface area contributed by atoms with Crippen molar-refractivity contribution in [2.75, 3.05) is 26.2 Å². The average molecular weight is 191 g/mol. The van der Waals surface area contributed by atoms with Crippen molar-refractivity contribution in [3.8, 4) is 0 Å². The van der Waals surface area contributed by atoms with E-state index in [0.29, 0.717) is 13.1 Å². The first-order valence-corrected chi connectivity index (χ1v) is 2.95. The van der Waals surface area contributed by atoms with Crippen molar-refractivity contribution in [1.29, 1.82) is 0 Å². The Bertz CT molecular complexity index is 66.7. The molecule has 0 spiro atoms. The van der Waals surface area contributed by atoms with Crippen LogP contribution in [0.5, 0.6) is 0 Å². The van der Waals surface area contributed by atoms with Crippen molar-refractivity contribution >= 4 is 24.8 Å². The van der Waals surface area contributed by atoms with E-state index in [-0.39, 0.29) is 24.8 Å². The highest BCUT2D eigenvalue weighted by Crippen LogP contribution is 1.87. The first-order valence-electron chi connectivity index (χ1n) is 2.95. The second-order valence-corrected chi connectivity index (χ2v) is 2.01. The van der Waals surface area contributed by atoms with Gasteiger partial charge in [-0.25, -0.2) is 4.39 Å². The second kappa shape index (κ2) is 7.54. The Kier molecular flexibility index (Phi) is 9.84. The van der Waals surface area contributed by atoms with Crippen molar-refractivity contribution in [3.63, 3.8) is 0 Å². The molecule has 0 unspecified atom stereocenters. The van der Waals surface area contributed by atoms with Crippen LogP contribution in [0.2, 0.25) is 0 Å². The molecule has 0 saturated carbocycles. The monoisotopic (exact) mass is 190 g/mol. The highest BCUT2D eigenvalue weighted by Gasteiger charge is 2.07. The fourth-order valence-electron chi connectivity index (χ4n) is 0.766. The van der Waals surface area contributed by atoms with E-state index >= 15 is 0 Å². The molecule has 0 amide bonds. The summed E-state index contributed by atoms with van der Waals surface area (Å²) < 4.78 is 12.3. The molecule has 1 aliphatic rings. The van der Waals surface area contributed by atoms with Crippen LogP contribution >= 0.6 is 24.8 Å². The molecule has 0 bridgehead atoms. The van der Waals surface area contributed by atoms with Gasteiger partial charge in [0.1, 0.15) is 6.17 Å². The molecule has 0 radical (unpaired) electrons. The van der Waals surface area contributed by atoms with E-state index in [1.165, 1.54) is 0 Å². The molecular formula is C5H13Cl2FN2. The predicted octanol–water partition coefficient (Wildman–Crippen LogP) is 0.361. The summed E-state index contributed by atoms with van der Waals surface area (Å²) in [4.78, 5) is 0. The quantitative estimate of drug-likeness (QED) is 0.577. The third-order valence-corrected chi connectivity index (χ3v) is 1.21. The Morgan fingerprint density at radius 2 is 1.40 bits per heavy atom. The third kappa shape index (κ3) is 5.23. The lowest BCUT2D eigenvalue weighted by molar-refractivity contribution is 0.328. The molecule has 2 N–H and O–H groups in total. The highest BCUT2D eigenvalue weighted by molar-refractivity contribution is 5.85. The highest BCUT2D eigenvalue weighted by atomic mass is 35.5. The zero-order valence-electron chi connectivity index (χ0n) is 5.60. The van der Waals surface area contributed by atoms with Gasteiger partial charge in [-0.1, -0.05) is 0 Å². The van der Waals surface area contributed by atoms with Gasteiger partial charge in [0.15, 0.2) is 0 Å². The van der Waals surface area contributed by atoms with E-state index in [9.17, 15) is 4.39 Å². The Morgan fingerprint density at radius 3 is 1.80 bits per heavy atom. The molecule has 0 aliphatic carbocycles. The largest absolute Gasteiger partial charge is 0.313 e. The van der Waals surface area contributed by atoms with Crippen molar-refractivity contribution in [2.45, 2.75) is 6.17 Å². The number of halogens is 3. The average Bonchev–Trinajstić information content (AvgIpc) is 1.94. The standard InChI is InChI=1S/C5H11FN2.2ClH/c6-5-3-7-1-2-8-4-5;;/h5,7-8H,1-4H2;2*1H. The Hall–Kier alpha value is 0.430. The summed E-state index contributed by atoms with van der Waals surface area (Å²) in [5.41, 5.74) is 0. The summed E-state index contributed by atoms with van der Waals surface area (Å²) in [6, 6.07) is 0. The maximum atomic E-state index is 12.3. The number of nitrogens with one attached hydrogen (secondary N) is 2. The van der Waals surface area contributed by atoms with Crippen LogP contribution in [0.1, 0.15) is 0 Å². The van der Waals surface area contributed by atoms with E-state index in [4.69, 9.17) is 0 Å². The van der Waals surface area contributed by atoms with Crippen molar-refractivity contribution in [3.05, 3.63) is 0 Å². The van der Waals surface area contributed by atoms with E-state index in [0.717, 1.165) is 13.1 Å². The van der Waals surface area contributed by atoms with Crippen molar-refractivity contribution < 1.29 is 4.39 Å². The van der Waals surface area contributed by atoms with Crippen LogP contribution in [0.25, 0.3) is 0 Å². The fraction of sp³-hybridized carbons (Fsp3) is 1.00. The second-order valence-electron chi connectivity index (χ2n) is 2.01. The van der Waals surface area contributed by atoms with Crippen molar-refractivity contribution in [2.24, 2.45) is 0 Å². The van der Waals surface area contributed by atoms with Crippen LogP contribution in [0.4, 0.5) is 4.39 Å². The Balaban J connectivity index is 0. The number of alkyl halides is 1.